The van der Waals surface area contributed by atoms with Gasteiger partial charge in [-0.15, -0.1) is 0 Å². The maximum Gasteiger partial charge on any atom is 0.416 e. The number of carbonyl (C=O) groups excluding carboxylic acids is 2. The Morgan fingerprint density at radius 1 is 1.06 bits per heavy atom. The third-order valence-electron chi connectivity index (χ3n) is 5.86. The van der Waals surface area contributed by atoms with Gasteiger partial charge in [0.15, 0.2) is 11.3 Å². The predicted octanol–water partition coefficient (Wildman–Crippen LogP) is 6.76. The molecule has 182 valence electrons. The lowest BCUT2D eigenvalue weighted by atomic mass is 9.80. The number of carbonyl (C=O) groups is 2. The normalized spacial score (nSPS) is 17.5. The first-order valence-electron chi connectivity index (χ1n) is 10.4. The molecule has 1 atom stereocenters. The van der Waals surface area contributed by atoms with Crippen LogP contribution < -0.4 is 15.0 Å². The number of nitrogens with one attached hydrogen (secondary N) is 1. The number of Topliss-reactive ketones (excluding diaryl/α,β-unsaturated/α-hetero) is 1. The molecule has 1 unspecified atom stereocenters. The maximum absolute atomic E-state index is 14.7. The minimum Gasteiger partial charge on any atom is -0.497 e. The Hall–Kier alpha value is -3.23. The number of hydrogen-bond donors (Lipinski definition) is 1. The highest BCUT2D eigenvalue weighted by molar-refractivity contribution is 6.34. The quantitative estimate of drug-likeness (QED) is 0.363. The van der Waals surface area contributed by atoms with Gasteiger partial charge in [-0.3, -0.25) is 9.69 Å². The van der Waals surface area contributed by atoms with Crippen molar-refractivity contribution in [3.8, 4) is 5.75 Å². The Morgan fingerprint density at radius 2 is 1.74 bits per heavy atom. The first-order valence-corrected chi connectivity index (χ1v) is 11.2. The summed E-state index contributed by atoms with van der Waals surface area (Å²) in [5.41, 5.74) is -2.74. The molecule has 1 N–H and O–H groups in total. The molecule has 0 aromatic heterocycles. The number of ketones is 1. The van der Waals surface area contributed by atoms with E-state index >= 15 is 0 Å². The molecule has 2 amide bonds. The highest BCUT2D eigenvalue weighted by Crippen LogP contribution is 2.49. The summed E-state index contributed by atoms with van der Waals surface area (Å²) in [7, 11) is 1.51. The van der Waals surface area contributed by atoms with E-state index in [0.29, 0.717) is 11.3 Å². The van der Waals surface area contributed by atoms with Gasteiger partial charge in [0, 0.05) is 22.6 Å². The third-order valence-corrected chi connectivity index (χ3v) is 6.42. The number of anilines is 1. The van der Waals surface area contributed by atoms with Crippen molar-refractivity contribution in [1.29, 1.82) is 0 Å². The molecule has 3 aromatic rings. The topological polar surface area (TPSA) is 58.6 Å². The fourth-order valence-corrected chi connectivity index (χ4v) is 4.48. The smallest absolute Gasteiger partial charge is 0.416 e. The largest absolute Gasteiger partial charge is 0.497 e. The summed E-state index contributed by atoms with van der Waals surface area (Å²) in [4.78, 5) is 27.3. The first-order chi connectivity index (χ1) is 16.6. The molecule has 0 spiro atoms. The summed E-state index contributed by atoms with van der Waals surface area (Å²) in [6, 6.07) is 15.5. The molecule has 1 heterocycles. The molecule has 0 bridgehead atoms. The van der Waals surface area contributed by atoms with Crippen LogP contribution in [0.2, 0.25) is 10.0 Å². The van der Waals surface area contributed by atoms with Crippen LogP contribution in [0.1, 0.15) is 27.9 Å². The molecule has 10 heteroatoms. The van der Waals surface area contributed by atoms with E-state index in [1.54, 1.807) is 30.3 Å². The molecule has 0 aliphatic carbocycles. The fraction of sp³-hybridized carbons (Fsp3) is 0.200. The summed E-state index contributed by atoms with van der Waals surface area (Å²) in [5, 5.41) is 2.13. The molecule has 0 fully saturated rings. The summed E-state index contributed by atoms with van der Waals surface area (Å²) in [6.45, 7) is -0.0170. The molecule has 4 rings (SSSR count). The Kier molecular flexibility index (Phi) is 6.71. The lowest BCUT2D eigenvalue weighted by molar-refractivity contribution is -0.196. The highest BCUT2D eigenvalue weighted by Gasteiger charge is 2.61. The zero-order valence-electron chi connectivity index (χ0n) is 18.3. The van der Waals surface area contributed by atoms with E-state index in [2.05, 4.69) is 5.32 Å². The minimum absolute atomic E-state index is 0.00162. The molecular weight excluding hydrogens is 504 g/mol. The Labute approximate surface area is 209 Å². The number of alkyl halides is 3. The van der Waals surface area contributed by atoms with Gasteiger partial charge in [-0.2, -0.15) is 13.2 Å². The van der Waals surface area contributed by atoms with E-state index < -0.39 is 30.0 Å². The monoisotopic (exact) mass is 522 g/mol. The van der Waals surface area contributed by atoms with E-state index in [4.69, 9.17) is 27.9 Å². The number of amides is 2. The summed E-state index contributed by atoms with van der Waals surface area (Å²) >= 11 is 12.1. The van der Waals surface area contributed by atoms with E-state index in [9.17, 15) is 22.8 Å². The number of ether oxygens (including phenoxy) is 1. The minimum atomic E-state index is -5.02. The van der Waals surface area contributed by atoms with Gasteiger partial charge in [0.1, 0.15) is 5.75 Å². The van der Waals surface area contributed by atoms with Gasteiger partial charge >= 0.3 is 12.2 Å². The Bertz CT molecular complexity index is 1280. The highest BCUT2D eigenvalue weighted by atomic mass is 35.5. The average molecular weight is 523 g/mol. The lowest BCUT2D eigenvalue weighted by Gasteiger charge is -2.44. The Balaban J connectivity index is 1.81. The summed E-state index contributed by atoms with van der Waals surface area (Å²) < 4.78 is 49.3. The van der Waals surface area contributed by atoms with Crippen molar-refractivity contribution in [1.82, 2.24) is 5.32 Å². The van der Waals surface area contributed by atoms with Gasteiger partial charge in [-0.25, -0.2) is 4.79 Å². The van der Waals surface area contributed by atoms with Gasteiger partial charge in [-0.1, -0.05) is 47.5 Å². The number of urea groups is 1. The molecule has 3 aromatic carbocycles. The maximum atomic E-state index is 14.7. The van der Waals surface area contributed by atoms with Crippen LogP contribution in [-0.4, -0.2) is 25.1 Å². The van der Waals surface area contributed by atoms with Crippen LogP contribution in [0.25, 0.3) is 0 Å². The fourth-order valence-electron chi connectivity index (χ4n) is 4.07. The number of fused-ring (bicyclic) bond motifs is 1. The molecule has 0 saturated carbocycles. The summed E-state index contributed by atoms with van der Waals surface area (Å²) in [6.07, 6.45) is -6.11. The van der Waals surface area contributed by atoms with E-state index in [0.717, 1.165) is 6.07 Å². The molecule has 0 radical (unpaired) electrons. The SMILES string of the molecule is COc1ccc(CN2C(=O)NC(CC(=O)c3ccccc3Cl)(C(F)(F)F)c3cc(Cl)ccc32)cc1. The van der Waals surface area contributed by atoms with Crippen LogP contribution in [0.5, 0.6) is 5.75 Å². The summed E-state index contributed by atoms with van der Waals surface area (Å²) in [5.74, 6) is -0.277. The van der Waals surface area contributed by atoms with Crippen LogP contribution >= 0.6 is 23.2 Å². The number of rotatable bonds is 6. The van der Waals surface area contributed by atoms with Crippen molar-refractivity contribution in [2.75, 3.05) is 12.0 Å². The zero-order valence-corrected chi connectivity index (χ0v) is 19.8. The van der Waals surface area contributed by atoms with Crippen molar-refractivity contribution < 1.29 is 27.5 Å². The number of hydrogen-bond acceptors (Lipinski definition) is 3. The van der Waals surface area contributed by atoms with E-state index in [1.807, 2.05) is 0 Å². The average Bonchev–Trinajstić information content (AvgIpc) is 2.81. The number of nitrogens with zero attached hydrogens (tertiary/aromatic N) is 1. The molecular formula is C25H19Cl2F3N2O3. The van der Waals surface area contributed by atoms with Crippen LogP contribution in [0.15, 0.2) is 66.7 Å². The zero-order chi connectivity index (χ0) is 25.4. The van der Waals surface area contributed by atoms with Crippen LogP contribution in [-0.2, 0) is 12.1 Å². The first kappa shape index (κ1) is 24.9. The number of halogens is 5. The van der Waals surface area contributed by atoms with Crippen molar-refractivity contribution in [3.05, 3.63) is 93.5 Å². The van der Waals surface area contributed by atoms with Crippen molar-refractivity contribution in [3.63, 3.8) is 0 Å². The number of methoxy groups -OCH3 is 1. The Morgan fingerprint density at radius 3 is 2.37 bits per heavy atom. The van der Waals surface area contributed by atoms with Crippen molar-refractivity contribution in [2.45, 2.75) is 24.7 Å². The van der Waals surface area contributed by atoms with Gasteiger partial charge in [0.05, 0.1) is 24.4 Å². The van der Waals surface area contributed by atoms with Crippen molar-refractivity contribution >= 4 is 40.7 Å². The van der Waals surface area contributed by atoms with Crippen molar-refractivity contribution in [2.24, 2.45) is 0 Å². The van der Waals surface area contributed by atoms with Gasteiger partial charge in [0.25, 0.3) is 0 Å². The molecule has 1 aliphatic heterocycles. The molecule has 35 heavy (non-hydrogen) atoms. The molecule has 0 saturated heterocycles. The predicted molar refractivity (Wildman–Crippen MR) is 127 cm³/mol. The van der Waals surface area contributed by atoms with Gasteiger partial charge < -0.3 is 10.1 Å². The third kappa shape index (κ3) is 4.68. The second kappa shape index (κ2) is 9.43. The van der Waals surface area contributed by atoms with Crippen LogP contribution in [0, 0.1) is 0 Å². The lowest BCUT2D eigenvalue weighted by Crippen LogP contribution is -2.63. The molecule has 1 aliphatic rings. The van der Waals surface area contributed by atoms with E-state index in [1.165, 1.54) is 42.3 Å². The van der Waals surface area contributed by atoms with Crippen LogP contribution in [0.3, 0.4) is 0 Å². The van der Waals surface area contributed by atoms with Gasteiger partial charge in [-0.05, 0) is 48.0 Å². The number of benzene rings is 3. The second-order valence-electron chi connectivity index (χ2n) is 8.01. The van der Waals surface area contributed by atoms with Gasteiger partial charge in [0.2, 0.25) is 0 Å². The standard InChI is InChI=1S/C25H19Cl2F3N2O3/c1-35-17-9-6-15(7-10-17)14-32-21-11-8-16(26)12-19(21)24(25(28,29)30,31-23(32)34)13-22(33)18-4-2-3-5-20(18)27/h2-12H,13-14H2,1H3,(H,31,34). The molecule has 5 nitrogen and oxygen atoms in total. The second-order valence-corrected chi connectivity index (χ2v) is 8.85. The van der Waals surface area contributed by atoms with E-state index in [-0.39, 0.29) is 33.4 Å². The van der Waals surface area contributed by atoms with Crippen LogP contribution in [0.4, 0.5) is 23.7 Å².